The summed E-state index contributed by atoms with van der Waals surface area (Å²) in [4.78, 5) is 26.5. The molecule has 2 heterocycles. The van der Waals surface area contributed by atoms with Gasteiger partial charge in [0.2, 0.25) is 11.8 Å². The Balaban J connectivity index is 1.53. The summed E-state index contributed by atoms with van der Waals surface area (Å²) in [5.41, 5.74) is 2.04. The van der Waals surface area contributed by atoms with Crippen molar-refractivity contribution in [2.75, 3.05) is 23.7 Å². The monoisotopic (exact) mass is 510 g/mol. The number of thioether (sulfide) groups is 1. The lowest BCUT2D eigenvalue weighted by molar-refractivity contribution is -0.115. The van der Waals surface area contributed by atoms with Gasteiger partial charge < -0.3 is 10.6 Å². The highest BCUT2D eigenvalue weighted by atomic mass is 32.2. The lowest BCUT2D eigenvalue weighted by atomic mass is 10.1. The van der Waals surface area contributed by atoms with E-state index in [4.69, 9.17) is 0 Å². The second-order valence-electron chi connectivity index (χ2n) is 8.93. The number of anilines is 2. The molecule has 0 aliphatic carbocycles. The first kappa shape index (κ1) is 25.8. The summed E-state index contributed by atoms with van der Waals surface area (Å²) in [6.07, 6.45) is 3.54. The van der Waals surface area contributed by atoms with Gasteiger partial charge in [0.05, 0.1) is 11.3 Å². The van der Waals surface area contributed by atoms with Crippen molar-refractivity contribution < 1.29 is 14.0 Å². The molecule has 36 heavy (non-hydrogen) atoms. The second kappa shape index (κ2) is 11.7. The van der Waals surface area contributed by atoms with Crippen LogP contribution < -0.4 is 10.6 Å². The van der Waals surface area contributed by atoms with E-state index in [0.29, 0.717) is 16.5 Å². The molecule has 3 aromatic rings. The Hall–Kier alpha value is -3.24. The molecule has 2 aromatic carbocycles. The van der Waals surface area contributed by atoms with Crippen LogP contribution in [0.25, 0.3) is 5.69 Å². The van der Waals surface area contributed by atoms with Gasteiger partial charge >= 0.3 is 0 Å². The maximum atomic E-state index is 13.7. The first-order valence-electron chi connectivity index (χ1n) is 12.1. The van der Waals surface area contributed by atoms with Crippen LogP contribution in [0.15, 0.2) is 53.7 Å². The summed E-state index contributed by atoms with van der Waals surface area (Å²) in [5.74, 6) is 0.110. The zero-order valence-electron chi connectivity index (χ0n) is 20.7. The van der Waals surface area contributed by atoms with E-state index in [1.807, 2.05) is 11.5 Å². The lowest BCUT2D eigenvalue weighted by Crippen LogP contribution is -2.33. The molecule has 8 nitrogen and oxygen atoms in total. The minimum atomic E-state index is -0.471. The number of nitrogens with one attached hydrogen (secondary N) is 2. The molecule has 0 bridgehead atoms. The molecule has 4 rings (SSSR count). The molecule has 0 saturated carbocycles. The molecule has 1 aliphatic rings. The molecule has 2 atom stereocenters. The average Bonchev–Trinajstić information content (AvgIpc) is 3.28. The van der Waals surface area contributed by atoms with Crippen molar-refractivity contribution in [1.29, 1.82) is 0 Å². The van der Waals surface area contributed by atoms with Gasteiger partial charge in [-0.05, 0) is 88.3 Å². The van der Waals surface area contributed by atoms with Gasteiger partial charge in [0.25, 0.3) is 0 Å². The number of likely N-dealkylation sites (tertiary alicyclic amines) is 1. The summed E-state index contributed by atoms with van der Waals surface area (Å²) >= 11 is 1.30. The normalized spacial score (nSPS) is 15.8. The topological polar surface area (TPSA) is 92.2 Å². The van der Waals surface area contributed by atoms with Gasteiger partial charge in [-0.15, -0.1) is 10.2 Å². The number of aromatic nitrogens is 3. The van der Waals surface area contributed by atoms with Crippen LogP contribution in [0.3, 0.4) is 0 Å². The highest BCUT2D eigenvalue weighted by molar-refractivity contribution is 8.00. The van der Waals surface area contributed by atoms with Gasteiger partial charge in [-0.3, -0.25) is 19.1 Å². The number of amides is 2. The molecule has 2 N–H and O–H groups in total. The number of piperidine rings is 1. The predicted octanol–water partition coefficient (Wildman–Crippen LogP) is 5.03. The highest BCUT2D eigenvalue weighted by Crippen LogP contribution is 2.31. The Kier molecular flexibility index (Phi) is 8.37. The van der Waals surface area contributed by atoms with Gasteiger partial charge in [-0.25, -0.2) is 4.39 Å². The summed E-state index contributed by atoms with van der Waals surface area (Å²) in [5, 5.41) is 14.7. The number of carbonyl (C=O) groups excluding carboxylic acids is 2. The highest BCUT2D eigenvalue weighted by Gasteiger charge is 2.27. The molecule has 1 fully saturated rings. The Morgan fingerprint density at radius 2 is 1.53 bits per heavy atom. The first-order chi connectivity index (χ1) is 17.3. The molecule has 190 valence electrons. The number of benzene rings is 2. The molecule has 2 amide bonds. The van der Waals surface area contributed by atoms with Crippen LogP contribution in [0.5, 0.6) is 0 Å². The van der Waals surface area contributed by atoms with E-state index in [1.165, 1.54) is 37.2 Å². The zero-order valence-corrected chi connectivity index (χ0v) is 21.5. The van der Waals surface area contributed by atoms with Gasteiger partial charge in [-0.1, -0.05) is 18.2 Å². The van der Waals surface area contributed by atoms with Crippen molar-refractivity contribution in [1.82, 2.24) is 19.7 Å². The van der Waals surface area contributed by atoms with E-state index in [2.05, 4.69) is 32.7 Å². The van der Waals surface area contributed by atoms with Crippen LogP contribution in [0, 0.1) is 5.82 Å². The summed E-state index contributed by atoms with van der Waals surface area (Å²) < 4.78 is 15.6. The molecular weight excluding hydrogens is 479 g/mol. The average molecular weight is 511 g/mol. The van der Waals surface area contributed by atoms with Crippen LogP contribution in [-0.4, -0.2) is 49.8 Å². The van der Waals surface area contributed by atoms with Gasteiger partial charge in [-0.2, -0.15) is 0 Å². The number of hydrogen-bond acceptors (Lipinski definition) is 6. The number of halogens is 1. The molecule has 1 aromatic heterocycles. The summed E-state index contributed by atoms with van der Waals surface area (Å²) in [6, 6.07) is 13.2. The molecule has 1 saturated heterocycles. The fourth-order valence-electron chi connectivity index (χ4n) is 4.23. The fourth-order valence-corrected chi connectivity index (χ4v) is 5.10. The number of nitrogens with zero attached hydrogens (tertiary/aromatic N) is 4. The number of rotatable bonds is 8. The Labute approximate surface area is 214 Å². The van der Waals surface area contributed by atoms with E-state index in [9.17, 15) is 14.0 Å². The molecule has 2 unspecified atom stereocenters. The van der Waals surface area contributed by atoms with E-state index < -0.39 is 5.25 Å². The van der Waals surface area contributed by atoms with Crippen LogP contribution in [0.4, 0.5) is 15.8 Å². The number of carbonyl (C=O) groups is 2. The first-order valence-corrected chi connectivity index (χ1v) is 13.0. The van der Waals surface area contributed by atoms with E-state index in [0.717, 1.165) is 37.4 Å². The third kappa shape index (κ3) is 6.30. The van der Waals surface area contributed by atoms with E-state index in [1.54, 1.807) is 36.4 Å². The minimum Gasteiger partial charge on any atom is -0.326 e. The summed E-state index contributed by atoms with van der Waals surface area (Å²) in [6.45, 7) is 7.37. The molecule has 10 heteroatoms. The predicted molar refractivity (Wildman–Crippen MR) is 140 cm³/mol. The van der Waals surface area contributed by atoms with Gasteiger partial charge in [0.1, 0.15) is 5.82 Å². The third-order valence-corrected chi connectivity index (χ3v) is 7.22. The van der Waals surface area contributed by atoms with Crippen molar-refractivity contribution in [3.8, 4) is 5.69 Å². The van der Waals surface area contributed by atoms with Gasteiger partial charge in [0, 0.05) is 24.0 Å². The Morgan fingerprint density at radius 1 is 0.917 bits per heavy atom. The van der Waals surface area contributed by atoms with Crippen molar-refractivity contribution in [3.05, 3.63) is 60.2 Å². The Bertz CT molecular complexity index is 1190. The van der Waals surface area contributed by atoms with Crippen LogP contribution >= 0.6 is 11.8 Å². The van der Waals surface area contributed by atoms with Crippen molar-refractivity contribution in [2.45, 2.75) is 56.5 Å². The smallest absolute Gasteiger partial charge is 0.237 e. The molecule has 1 aliphatic heterocycles. The maximum Gasteiger partial charge on any atom is 0.237 e. The second-order valence-corrected chi connectivity index (χ2v) is 10.2. The van der Waals surface area contributed by atoms with Gasteiger partial charge in [0.15, 0.2) is 11.0 Å². The zero-order chi connectivity index (χ0) is 25.7. The fraction of sp³-hybridized carbons (Fsp3) is 0.385. The standard InChI is InChI=1S/C26H31FN6O2S/c1-17(32-15-5-4-6-16-32)24-30-31-26(33(24)23-13-7-20(27)8-14-23)36-18(2)25(35)29-22-11-9-21(10-12-22)28-19(3)34/h7-14,17-18H,4-6,15-16H2,1-3H3,(H,28,34)(H,29,35). The SMILES string of the molecule is CC(=O)Nc1ccc(NC(=O)C(C)Sc2nnc(C(C)N3CCCCC3)n2-c2ccc(F)cc2)cc1. The van der Waals surface area contributed by atoms with E-state index >= 15 is 0 Å². The van der Waals surface area contributed by atoms with Crippen molar-refractivity contribution in [3.63, 3.8) is 0 Å². The Morgan fingerprint density at radius 3 is 2.14 bits per heavy atom. The third-order valence-electron chi connectivity index (χ3n) is 6.18. The number of hydrogen-bond donors (Lipinski definition) is 2. The lowest BCUT2D eigenvalue weighted by Gasteiger charge is -2.32. The largest absolute Gasteiger partial charge is 0.326 e. The van der Waals surface area contributed by atoms with Crippen LogP contribution in [0.1, 0.15) is 51.9 Å². The van der Waals surface area contributed by atoms with Crippen LogP contribution in [-0.2, 0) is 9.59 Å². The minimum absolute atomic E-state index is 0.0310. The van der Waals surface area contributed by atoms with Crippen LogP contribution in [0.2, 0.25) is 0 Å². The quantitative estimate of drug-likeness (QED) is 0.413. The summed E-state index contributed by atoms with van der Waals surface area (Å²) in [7, 11) is 0. The molecular formula is C26H31FN6O2S. The molecule has 0 radical (unpaired) electrons. The molecule has 0 spiro atoms. The maximum absolute atomic E-state index is 13.7. The van der Waals surface area contributed by atoms with E-state index in [-0.39, 0.29) is 23.7 Å². The van der Waals surface area contributed by atoms with Crippen molar-refractivity contribution >= 4 is 35.0 Å². The van der Waals surface area contributed by atoms with Crippen molar-refractivity contribution in [2.24, 2.45) is 0 Å².